The molecule has 0 saturated carbocycles. The number of ether oxygens (including phenoxy) is 2. The maximum atomic E-state index is 11.9. The van der Waals surface area contributed by atoms with Crippen molar-refractivity contribution in [2.75, 3.05) is 27.3 Å². The van der Waals surface area contributed by atoms with Crippen LogP contribution in [0.5, 0.6) is 11.5 Å². The largest absolute Gasteiger partial charge is 0.497 e. The first-order valence-corrected chi connectivity index (χ1v) is 6.22. The van der Waals surface area contributed by atoms with Crippen molar-refractivity contribution in [3.8, 4) is 11.5 Å². The molecule has 1 N–H and O–H groups in total. The van der Waals surface area contributed by atoms with E-state index in [1.165, 1.54) is 6.20 Å². The van der Waals surface area contributed by atoms with Crippen LogP contribution in [0.1, 0.15) is 10.4 Å². The lowest BCUT2D eigenvalue weighted by Gasteiger charge is -2.16. The topological polar surface area (TPSA) is 67.5 Å². The number of methoxy groups -OCH3 is 1. The number of nitrogens with one attached hydrogen (secondary N) is 1. The van der Waals surface area contributed by atoms with Gasteiger partial charge in [-0.3, -0.25) is 9.89 Å². The summed E-state index contributed by atoms with van der Waals surface area (Å²) in [4.78, 5) is 13.5. The first-order valence-electron chi connectivity index (χ1n) is 6.22. The zero-order valence-corrected chi connectivity index (χ0v) is 11.5. The highest BCUT2D eigenvalue weighted by molar-refractivity contribution is 5.93. The summed E-state index contributed by atoms with van der Waals surface area (Å²) >= 11 is 0. The fourth-order valence-corrected chi connectivity index (χ4v) is 1.66. The molecule has 2 rings (SSSR count). The number of rotatable bonds is 6. The first kappa shape index (κ1) is 13.9. The number of hydrogen-bond donors (Lipinski definition) is 1. The van der Waals surface area contributed by atoms with Gasteiger partial charge in [0.25, 0.3) is 5.91 Å². The monoisotopic (exact) mass is 275 g/mol. The number of carbonyl (C=O) groups excluding carboxylic acids is 1. The van der Waals surface area contributed by atoms with Gasteiger partial charge in [-0.1, -0.05) is 0 Å². The van der Waals surface area contributed by atoms with Gasteiger partial charge in [0.05, 0.1) is 25.4 Å². The quantitative estimate of drug-likeness (QED) is 0.869. The Morgan fingerprint density at radius 3 is 2.60 bits per heavy atom. The van der Waals surface area contributed by atoms with E-state index < -0.39 is 0 Å². The second kappa shape index (κ2) is 6.60. The van der Waals surface area contributed by atoms with Crippen LogP contribution in [0.15, 0.2) is 36.7 Å². The van der Waals surface area contributed by atoms with Gasteiger partial charge in [0.2, 0.25) is 0 Å². The maximum Gasteiger partial charge on any atom is 0.256 e. The molecule has 0 fully saturated rings. The Morgan fingerprint density at radius 1 is 1.30 bits per heavy atom. The van der Waals surface area contributed by atoms with Crippen molar-refractivity contribution in [2.45, 2.75) is 0 Å². The molecule has 0 aliphatic heterocycles. The molecule has 2 aromatic rings. The summed E-state index contributed by atoms with van der Waals surface area (Å²) in [5, 5.41) is 6.37. The van der Waals surface area contributed by atoms with Gasteiger partial charge in [0.15, 0.2) is 0 Å². The van der Waals surface area contributed by atoms with Gasteiger partial charge >= 0.3 is 0 Å². The van der Waals surface area contributed by atoms with E-state index in [4.69, 9.17) is 9.47 Å². The molecular weight excluding hydrogens is 258 g/mol. The number of aromatic nitrogens is 2. The van der Waals surface area contributed by atoms with E-state index >= 15 is 0 Å². The van der Waals surface area contributed by atoms with Crippen LogP contribution in [0.4, 0.5) is 0 Å². The normalized spacial score (nSPS) is 10.1. The number of benzene rings is 1. The Balaban J connectivity index is 1.78. The third-order valence-electron chi connectivity index (χ3n) is 2.85. The van der Waals surface area contributed by atoms with Crippen LogP contribution in [0.3, 0.4) is 0 Å². The predicted octanol–water partition coefficient (Wildman–Crippen LogP) is 1.57. The van der Waals surface area contributed by atoms with Crippen LogP contribution in [0.2, 0.25) is 0 Å². The lowest BCUT2D eigenvalue weighted by atomic mass is 10.3. The number of hydrogen-bond acceptors (Lipinski definition) is 4. The van der Waals surface area contributed by atoms with Crippen molar-refractivity contribution in [2.24, 2.45) is 0 Å². The summed E-state index contributed by atoms with van der Waals surface area (Å²) < 4.78 is 10.6. The molecule has 1 heterocycles. The number of aromatic amines is 1. The third-order valence-corrected chi connectivity index (χ3v) is 2.85. The molecule has 1 aromatic carbocycles. The molecule has 0 aliphatic carbocycles. The number of H-pyrrole nitrogens is 1. The smallest absolute Gasteiger partial charge is 0.256 e. The van der Waals surface area contributed by atoms with Crippen LogP contribution in [-0.2, 0) is 0 Å². The molecule has 1 amide bonds. The van der Waals surface area contributed by atoms with Crippen molar-refractivity contribution in [3.05, 3.63) is 42.2 Å². The number of carbonyl (C=O) groups is 1. The van der Waals surface area contributed by atoms with E-state index in [-0.39, 0.29) is 5.91 Å². The standard InChI is InChI=1S/C14H17N3O3/c1-17(14(18)11-9-15-16-10-11)7-8-20-13-5-3-12(19-2)4-6-13/h3-6,9-10H,7-8H2,1-2H3,(H,15,16). The molecule has 0 saturated heterocycles. The van der Waals surface area contributed by atoms with Crippen molar-refractivity contribution >= 4 is 5.91 Å². The van der Waals surface area contributed by atoms with E-state index in [2.05, 4.69) is 10.2 Å². The Kier molecular flexibility index (Phi) is 4.60. The Labute approximate surface area is 117 Å². The average Bonchev–Trinajstić information content (AvgIpc) is 3.01. The number of amides is 1. The van der Waals surface area contributed by atoms with E-state index in [1.54, 1.807) is 25.3 Å². The second-order valence-corrected chi connectivity index (χ2v) is 4.24. The predicted molar refractivity (Wildman–Crippen MR) is 74.0 cm³/mol. The van der Waals surface area contributed by atoms with Crippen molar-refractivity contribution in [3.63, 3.8) is 0 Å². The molecule has 0 aliphatic rings. The second-order valence-electron chi connectivity index (χ2n) is 4.24. The van der Waals surface area contributed by atoms with Gasteiger partial charge in [-0.15, -0.1) is 0 Å². The molecule has 0 spiro atoms. The molecule has 106 valence electrons. The Morgan fingerprint density at radius 2 is 2.00 bits per heavy atom. The van der Waals surface area contributed by atoms with Crippen molar-refractivity contribution < 1.29 is 14.3 Å². The lowest BCUT2D eigenvalue weighted by molar-refractivity contribution is 0.0774. The molecule has 1 aromatic heterocycles. The average molecular weight is 275 g/mol. The van der Waals surface area contributed by atoms with Gasteiger partial charge in [-0.05, 0) is 24.3 Å². The van der Waals surface area contributed by atoms with Crippen LogP contribution in [0.25, 0.3) is 0 Å². The summed E-state index contributed by atoms with van der Waals surface area (Å²) in [6.45, 7) is 0.919. The molecule has 6 heteroatoms. The summed E-state index contributed by atoms with van der Waals surface area (Å²) in [6, 6.07) is 7.32. The summed E-state index contributed by atoms with van der Waals surface area (Å²) in [6.07, 6.45) is 3.08. The van der Waals surface area contributed by atoms with Crippen molar-refractivity contribution in [1.29, 1.82) is 0 Å². The number of likely N-dealkylation sites (N-methyl/N-ethyl adjacent to an activating group) is 1. The highest BCUT2D eigenvalue weighted by atomic mass is 16.5. The molecule has 0 radical (unpaired) electrons. The van der Waals surface area contributed by atoms with Gasteiger partial charge in [-0.2, -0.15) is 5.10 Å². The lowest BCUT2D eigenvalue weighted by Crippen LogP contribution is -2.30. The van der Waals surface area contributed by atoms with E-state index in [9.17, 15) is 4.79 Å². The fourth-order valence-electron chi connectivity index (χ4n) is 1.66. The van der Waals surface area contributed by atoms with E-state index in [0.717, 1.165) is 11.5 Å². The molecule has 6 nitrogen and oxygen atoms in total. The van der Waals surface area contributed by atoms with Crippen LogP contribution in [-0.4, -0.2) is 48.3 Å². The van der Waals surface area contributed by atoms with Crippen molar-refractivity contribution in [1.82, 2.24) is 15.1 Å². The third kappa shape index (κ3) is 3.50. The molecule has 0 bridgehead atoms. The highest BCUT2D eigenvalue weighted by Gasteiger charge is 2.12. The molecular formula is C14H17N3O3. The minimum absolute atomic E-state index is 0.0860. The maximum absolute atomic E-state index is 11.9. The Hall–Kier alpha value is -2.50. The van der Waals surface area contributed by atoms with Gasteiger partial charge < -0.3 is 14.4 Å². The van der Waals surface area contributed by atoms with Crippen LogP contribution < -0.4 is 9.47 Å². The Bertz CT molecular complexity index is 537. The van der Waals surface area contributed by atoms with E-state index in [1.807, 2.05) is 24.3 Å². The highest BCUT2D eigenvalue weighted by Crippen LogP contribution is 2.16. The summed E-state index contributed by atoms with van der Waals surface area (Å²) in [7, 11) is 3.35. The zero-order valence-electron chi connectivity index (χ0n) is 11.5. The molecule has 0 atom stereocenters. The first-order chi connectivity index (χ1) is 9.70. The van der Waals surface area contributed by atoms with Gasteiger partial charge in [0, 0.05) is 13.2 Å². The van der Waals surface area contributed by atoms with E-state index in [0.29, 0.717) is 18.7 Å². The summed E-state index contributed by atoms with van der Waals surface area (Å²) in [5.74, 6) is 1.44. The van der Waals surface area contributed by atoms with Gasteiger partial charge in [0.1, 0.15) is 18.1 Å². The molecule has 0 unspecified atom stereocenters. The molecule has 20 heavy (non-hydrogen) atoms. The zero-order chi connectivity index (χ0) is 14.4. The minimum Gasteiger partial charge on any atom is -0.497 e. The van der Waals surface area contributed by atoms with Crippen LogP contribution in [0, 0.1) is 0 Å². The number of nitrogens with zero attached hydrogens (tertiary/aromatic N) is 2. The van der Waals surface area contributed by atoms with Gasteiger partial charge in [-0.25, -0.2) is 0 Å². The SMILES string of the molecule is COc1ccc(OCCN(C)C(=O)c2cn[nH]c2)cc1. The van der Waals surface area contributed by atoms with Crippen LogP contribution >= 0.6 is 0 Å². The summed E-state index contributed by atoms with van der Waals surface area (Å²) in [5.41, 5.74) is 0.539. The fraction of sp³-hybridized carbons (Fsp3) is 0.286. The minimum atomic E-state index is -0.0860.